The summed E-state index contributed by atoms with van der Waals surface area (Å²) in [4.78, 5) is 13.2. The average Bonchev–Trinajstić information content (AvgIpc) is 3.27. The van der Waals surface area contributed by atoms with Gasteiger partial charge in [-0.3, -0.25) is 4.98 Å². The maximum atomic E-state index is 6.09. The summed E-state index contributed by atoms with van der Waals surface area (Å²) in [6.07, 6.45) is 5.45. The van der Waals surface area contributed by atoms with Crippen LogP contribution >= 0.6 is 0 Å². The summed E-state index contributed by atoms with van der Waals surface area (Å²) in [7, 11) is 0. The molecule has 0 amide bonds. The number of anilines is 1. The van der Waals surface area contributed by atoms with Gasteiger partial charge in [0.2, 0.25) is 0 Å². The highest BCUT2D eigenvalue weighted by Gasteiger charge is 2.23. The number of nitrogens with two attached hydrogens (primary N) is 1. The van der Waals surface area contributed by atoms with Crippen LogP contribution in [-0.4, -0.2) is 29.1 Å². The second-order valence-corrected chi connectivity index (χ2v) is 7.33. The topological polar surface area (TPSA) is 86.9 Å². The quantitative estimate of drug-likeness (QED) is 0.510. The van der Waals surface area contributed by atoms with Gasteiger partial charge in [-0.2, -0.15) is 5.10 Å². The highest BCUT2D eigenvalue weighted by atomic mass is 15.3. The zero-order valence-electron chi connectivity index (χ0n) is 16.5. The molecule has 1 unspecified atom stereocenters. The summed E-state index contributed by atoms with van der Waals surface area (Å²) in [5, 5.41) is 5.56. The Morgan fingerprint density at radius 3 is 2.69 bits per heavy atom. The highest BCUT2D eigenvalue weighted by molar-refractivity contribution is 5.88. The second-order valence-electron chi connectivity index (χ2n) is 7.33. The standard InChI is InChI=1S/C22H21N7/c1-13-7-8-16-10-17(20(28(16)11-13)18-6-4-5-9-24-18)15(3)29-22-19(14(2)27-29)21(23)25-12-26-22/h4-12,15H,1-3H3,(H2,23,25,26). The van der Waals surface area contributed by atoms with Crippen molar-refractivity contribution in [2.24, 2.45) is 0 Å². The predicted octanol–water partition coefficient (Wildman–Crippen LogP) is 3.95. The van der Waals surface area contributed by atoms with Gasteiger partial charge in [0.15, 0.2) is 5.65 Å². The molecule has 0 aliphatic carbocycles. The summed E-state index contributed by atoms with van der Waals surface area (Å²) < 4.78 is 4.13. The van der Waals surface area contributed by atoms with Crippen LogP contribution in [0.3, 0.4) is 0 Å². The van der Waals surface area contributed by atoms with Crippen molar-refractivity contribution in [1.29, 1.82) is 0 Å². The molecule has 5 heterocycles. The van der Waals surface area contributed by atoms with Gasteiger partial charge in [0.25, 0.3) is 0 Å². The summed E-state index contributed by atoms with van der Waals surface area (Å²) in [6.45, 7) is 6.15. The van der Waals surface area contributed by atoms with Gasteiger partial charge in [0, 0.05) is 23.5 Å². The van der Waals surface area contributed by atoms with E-state index in [-0.39, 0.29) is 6.04 Å². The molecule has 5 aromatic rings. The summed E-state index contributed by atoms with van der Waals surface area (Å²) in [6, 6.07) is 12.3. The van der Waals surface area contributed by atoms with Crippen molar-refractivity contribution in [3.63, 3.8) is 0 Å². The van der Waals surface area contributed by atoms with Crippen LogP contribution in [0.5, 0.6) is 0 Å². The van der Waals surface area contributed by atoms with E-state index in [1.807, 2.05) is 36.0 Å². The third kappa shape index (κ3) is 2.66. The van der Waals surface area contributed by atoms with Crippen molar-refractivity contribution >= 4 is 22.4 Å². The molecule has 0 spiro atoms. The Labute approximate surface area is 167 Å². The Balaban J connectivity index is 1.79. The first-order valence-electron chi connectivity index (χ1n) is 9.53. The summed E-state index contributed by atoms with van der Waals surface area (Å²) >= 11 is 0. The number of hydrogen-bond donors (Lipinski definition) is 1. The SMILES string of the molecule is Cc1ccc2cc(C(C)n3nc(C)c4c(N)ncnc43)c(-c3ccccn3)n2c1. The Morgan fingerprint density at radius 2 is 1.90 bits per heavy atom. The predicted molar refractivity (Wildman–Crippen MR) is 114 cm³/mol. The maximum absolute atomic E-state index is 6.09. The molecule has 29 heavy (non-hydrogen) atoms. The maximum Gasteiger partial charge on any atom is 0.164 e. The van der Waals surface area contributed by atoms with Gasteiger partial charge in [-0.25, -0.2) is 14.6 Å². The Morgan fingerprint density at radius 1 is 1.03 bits per heavy atom. The smallest absolute Gasteiger partial charge is 0.164 e. The lowest BCUT2D eigenvalue weighted by molar-refractivity contribution is 0.576. The van der Waals surface area contributed by atoms with Crippen LogP contribution in [0, 0.1) is 13.8 Å². The van der Waals surface area contributed by atoms with Gasteiger partial charge in [-0.05, 0) is 50.6 Å². The Hall–Kier alpha value is -3.74. The van der Waals surface area contributed by atoms with E-state index in [0.29, 0.717) is 5.82 Å². The molecular weight excluding hydrogens is 362 g/mol. The zero-order chi connectivity index (χ0) is 20.1. The molecule has 0 saturated carbocycles. The van der Waals surface area contributed by atoms with E-state index in [2.05, 4.69) is 57.6 Å². The lowest BCUT2D eigenvalue weighted by Crippen LogP contribution is -2.10. The first kappa shape index (κ1) is 17.4. The minimum Gasteiger partial charge on any atom is -0.383 e. The normalized spacial score (nSPS) is 12.7. The number of nitrogens with zero attached hydrogens (tertiary/aromatic N) is 6. The molecule has 0 radical (unpaired) electrons. The van der Waals surface area contributed by atoms with E-state index in [4.69, 9.17) is 10.8 Å². The lowest BCUT2D eigenvalue weighted by atomic mass is 10.1. The molecule has 144 valence electrons. The number of rotatable bonds is 3. The van der Waals surface area contributed by atoms with Crippen LogP contribution in [0.25, 0.3) is 27.9 Å². The Kier molecular flexibility index (Phi) is 3.84. The number of hydrogen-bond acceptors (Lipinski definition) is 5. The molecule has 0 aliphatic rings. The molecule has 1 atom stereocenters. The summed E-state index contributed by atoms with van der Waals surface area (Å²) in [5.74, 6) is 0.452. The fourth-order valence-corrected chi connectivity index (χ4v) is 3.96. The number of fused-ring (bicyclic) bond motifs is 2. The zero-order valence-corrected chi connectivity index (χ0v) is 16.5. The molecule has 5 rings (SSSR count). The fourth-order valence-electron chi connectivity index (χ4n) is 3.96. The van der Waals surface area contributed by atoms with E-state index in [1.165, 1.54) is 11.9 Å². The van der Waals surface area contributed by atoms with Crippen LogP contribution in [0.2, 0.25) is 0 Å². The molecule has 7 nitrogen and oxygen atoms in total. The molecule has 7 heteroatoms. The van der Waals surface area contributed by atoms with Crippen molar-refractivity contribution < 1.29 is 0 Å². The van der Waals surface area contributed by atoms with Gasteiger partial charge in [-0.1, -0.05) is 12.1 Å². The third-order valence-electron chi connectivity index (χ3n) is 5.36. The van der Waals surface area contributed by atoms with Crippen LogP contribution in [0.1, 0.15) is 29.8 Å². The first-order valence-corrected chi connectivity index (χ1v) is 9.53. The number of nitrogen functional groups attached to an aromatic ring is 1. The van der Waals surface area contributed by atoms with Crippen LogP contribution in [0.4, 0.5) is 5.82 Å². The van der Waals surface area contributed by atoms with E-state index >= 15 is 0 Å². The van der Waals surface area contributed by atoms with Gasteiger partial charge in [0.05, 0.1) is 28.5 Å². The second kappa shape index (κ2) is 6.41. The average molecular weight is 383 g/mol. The minimum absolute atomic E-state index is 0.0716. The largest absolute Gasteiger partial charge is 0.383 e. The van der Waals surface area contributed by atoms with Crippen molar-refractivity contribution in [1.82, 2.24) is 29.1 Å². The third-order valence-corrected chi connectivity index (χ3v) is 5.36. The van der Waals surface area contributed by atoms with Crippen LogP contribution in [0.15, 0.2) is 55.1 Å². The molecule has 0 aromatic carbocycles. The van der Waals surface area contributed by atoms with Crippen molar-refractivity contribution in [2.75, 3.05) is 5.73 Å². The van der Waals surface area contributed by atoms with Crippen LogP contribution in [-0.2, 0) is 0 Å². The molecule has 5 aromatic heterocycles. The molecule has 2 N–H and O–H groups in total. The van der Waals surface area contributed by atoms with Crippen molar-refractivity contribution in [2.45, 2.75) is 26.8 Å². The molecular formula is C22H21N7. The number of aromatic nitrogens is 6. The molecule has 0 aliphatic heterocycles. The Bertz CT molecular complexity index is 1350. The van der Waals surface area contributed by atoms with E-state index in [0.717, 1.165) is 39.2 Å². The molecule has 0 fully saturated rings. The van der Waals surface area contributed by atoms with Gasteiger partial charge < -0.3 is 10.1 Å². The van der Waals surface area contributed by atoms with Gasteiger partial charge >= 0.3 is 0 Å². The van der Waals surface area contributed by atoms with Crippen molar-refractivity contribution in [3.8, 4) is 11.4 Å². The lowest BCUT2D eigenvalue weighted by Gasteiger charge is -2.15. The highest BCUT2D eigenvalue weighted by Crippen LogP contribution is 2.34. The van der Waals surface area contributed by atoms with Crippen LogP contribution < -0.4 is 5.73 Å². The number of pyridine rings is 2. The minimum atomic E-state index is -0.0716. The fraction of sp³-hybridized carbons (Fsp3) is 0.182. The monoisotopic (exact) mass is 383 g/mol. The first-order chi connectivity index (χ1) is 14.0. The summed E-state index contributed by atoms with van der Waals surface area (Å²) in [5.41, 5.74) is 13.0. The molecule has 0 bridgehead atoms. The van der Waals surface area contributed by atoms with E-state index < -0.39 is 0 Å². The van der Waals surface area contributed by atoms with Crippen molar-refractivity contribution in [3.05, 3.63) is 71.9 Å². The molecule has 0 saturated heterocycles. The van der Waals surface area contributed by atoms with Gasteiger partial charge in [-0.15, -0.1) is 0 Å². The van der Waals surface area contributed by atoms with E-state index in [1.54, 1.807) is 0 Å². The van der Waals surface area contributed by atoms with E-state index in [9.17, 15) is 0 Å². The number of aryl methyl sites for hydroxylation is 2. The van der Waals surface area contributed by atoms with Gasteiger partial charge in [0.1, 0.15) is 12.1 Å².